The van der Waals surface area contributed by atoms with Crippen LogP contribution in [0.5, 0.6) is 0 Å². The maximum absolute atomic E-state index is 11.4. The summed E-state index contributed by atoms with van der Waals surface area (Å²) in [6, 6.07) is 0. The molecule has 0 aromatic carbocycles. The lowest BCUT2D eigenvalue weighted by molar-refractivity contribution is -0.121. The van der Waals surface area contributed by atoms with Crippen LogP contribution in [0.2, 0.25) is 0 Å². The normalized spacial score (nSPS) is 32.7. The molecule has 1 aliphatic rings. The van der Waals surface area contributed by atoms with Crippen molar-refractivity contribution in [2.75, 3.05) is 13.2 Å². The van der Waals surface area contributed by atoms with Gasteiger partial charge in [0.1, 0.15) is 0 Å². The standard InChI is InChI=1S/C12H23NO4/c1-2-3-4-10(15)13-6-8-5-9(7-14)12(17)11(8)16/h8-9,11-12,14,16-17H,2-7H2,1H3,(H,13,15)/t8-,9-,11-,12-/m1/s1. The van der Waals surface area contributed by atoms with Crippen LogP contribution in [-0.2, 0) is 4.79 Å². The van der Waals surface area contributed by atoms with Crippen LogP contribution in [0.1, 0.15) is 32.6 Å². The fourth-order valence-electron chi connectivity index (χ4n) is 2.28. The van der Waals surface area contributed by atoms with Crippen LogP contribution in [0.25, 0.3) is 0 Å². The van der Waals surface area contributed by atoms with Gasteiger partial charge in [0, 0.05) is 31.4 Å². The molecular formula is C12H23NO4. The minimum atomic E-state index is -0.877. The fraction of sp³-hybridized carbons (Fsp3) is 0.917. The van der Waals surface area contributed by atoms with Crippen LogP contribution >= 0.6 is 0 Å². The van der Waals surface area contributed by atoms with Crippen molar-refractivity contribution < 1.29 is 20.1 Å². The Balaban J connectivity index is 2.30. The minimum Gasteiger partial charge on any atom is -0.396 e. The van der Waals surface area contributed by atoms with Gasteiger partial charge in [-0.25, -0.2) is 0 Å². The highest BCUT2D eigenvalue weighted by molar-refractivity contribution is 5.75. The smallest absolute Gasteiger partial charge is 0.220 e. The highest BCUT2D eigenvalue weighted by atomic mass is 16.3. The van der Waals surface area contributed by atoms with Gasteiger partial charge in [-0.05, 0) is 12.8 Å². The molecule has 1 fully saturated rings. The molecule has 1 saturated carbocycles. The van der Waals surface area contributed by atoms with Gasteiger partial charge in [0.2, 0.25) is 5.91 Å². The summed E-state index contributed by atoms with van der Waals surface area (Å²) in [6.45, 7) is 2.27. The van der Waals surface area contributed by atoms with Gasteiger partial charge in [-0.1, -0.05) is 13.3 Å². The molecule has 5 heteroatoms. The van der Waals surface area contributed by atoms with Crippen molar-refractivity contribution >= 4 is 5.91 Å². The molecule has 0 radical (unpaired) electrons. The van der Waals surface area contributed by atoms with Crippen LogP contribution in [0, 0.1) is 11.8 Å². The molecule has 0 bridgehead atoms. The van der Waals surface area contributed by atoms with E-state index >= 15 is 0 Å². The van der Waals surface area contributed by atoms with Gasteiger partial charge in [-0.2, -0.15) is 0 Å². The minimum absolute atomic E-state index is 0.0130. The summed E-state index contributed by atoms with van der Waals surface area (Å²) >= 11 is 0. The Kier molecular flexibility index (Phi) is 5.88. The predicted molar refractivity (Wildman–Crippen MR) is 63.2 cm³/mol. The first-order valence-corrected chi connectivity index (χ1v) is 6.33. The number of aliphatic hydroxyl groups excluding tert-OH is 3. The Morgan fingerprint density at radius 2 is 1.94 bits per heavy atom. The molecule has 1 rings (SSSR count). The zero-order valence-electron chi connectivity index (χ0n) is 10.3. The van der Waals surface area contributed by atoms with Crippen molar-refractivity contribution in [1.29, 1.82) is 0 Å². The first-order chi connectivity index (χ1) is 8.10. The van der Waals surface area contributed by atoms with E-state index in [1.165, 1.54) is 0 Å². The first-order valence-electron chi connectivity index (χ1n) is 6.33. The molecule has 0 unspecified atom stereocenters. The highest BCUT2D eigenvalue weighted by Gasteiger charge is 2.40. The second kappa shape index (κ2) is 6.93. The lowest BCUT2D eigenvalue weighted by Gasteiger charge is -2.17. The van der Waals surface area contributed by atoms with Crippen molar-refractivity contribution in [2.45, 2.75) is 44.8 Å². The van der Waals surface area contributed by atoms with Gasteiger partial charge in [-0.15, -0.1) is 0 Å². The van der Waals surface area contributed by atoms with Crippen LogP contribution < -0.4 is 5.32 Å². The first kappa shape index (κ1) is 14.4. The average Bonchev–Trinajstić information content (AvgIpc) is 2.61. The number of hydrogen-bond donors (Lipinski definition) is 4. The van der Waals surface area contributed by atoms with Crippen molar-refractivity contribution in [3.8, 4) is 0 Å². The molecule has 0 aliphatic heterocycles. The molecule has 0 aromatic heterocycles. The summed E-state index contributed by atoms with van der Waals surface area (Å²) in [5.74, 6) is -0.448. The number of rotatable bonds is 6. The molecule has 0 heterocycles. The lowest BCUT2D eigenvalue weighted by atomic mass is 10.0. The zero-order chi connectivity index (χ0) is 12.8. The molecule has 4 atom stereocenters. The Morgan fingerprint density at radius 3 is 2.47 bits per heavy atom. The van der Waals surface area contributed by atoms with E-state index in [2.05, 4.69) is 5.32 Å². The van der Waals surface area contributed by atoms with Crippen LogP contribution in [0.3, 0.4) is 0 Å². The van der Waals surface area contributed by atoms with E-state index in [9.17, 15) is 15.0 Å². The molecule has 1 aliphatic carbocycles. The lowest BCUT2D eigenvalue weighted by Crippen LogP contribution is -2.35. The Bertz CT molecular complexity index is 247. The topological polar surface area (TPSA) is 89.8 Å². The van der Waals surface area contributed by atoms with Gasteiger partial charge >= 0.3 is 0 Å². The quantitative estimate of drug-likeness (QED) is 0.514. The molecule has 0 saturated heterocycles. The molecular weight excluding hydrogens is 222 g/mol. The molecule has 0 spiro atoms. The summed E-state index contributed by atoms with van der Waals surface area (Å²) < 4.78 is 0. The molecule has 0 aromatic rings. The van der Waals surface area contributed by atoms with E-state index in [-0.39, 0.29) is 24.3 Å². The van der Waals surface area contributed by atoms with Gasteiger partial charge in [0.25, 0.3) is 0 Å². The van der Waals surface area contributed by atoms with Gasteiger partial charge < -0.3 is 20.6 Å². The summed E-state index contributed by atoms with van der Waals surface area (Å²) in [5, 5.41) is 31.1. The second-order valence-corrected chi connectivity index (χ2v) is 4.83. The Labute approximate surface area is 102 Å². The number of nitrogens with one attached hydrogen (secondary N) is 1. The Morgan fingerprint density at radius 1 is 1.29 bits per heavy atom. The summed E-state index contributed by atoms with van der Waals surface area (Å²) in [6.07, 6.45) is 1.17. The van der Waals surface area contributed by atoms with Crippen LogP contribution in [-0.4, -0.2) is 46.6 Å². The van der Waals surface area contributed by atoms with Crippen molar-refractivity contribution in [2.24, 2.45) is 11.8 Å². The van der Waals surface area contributed by atoms with E-state index in [1.54, 1.807) is 0 Å². The van der Waals surface area contributed by atoms with E-state index in [0.717, 1.165) is 12.8 Å². The van der Waals surface area contributed by atoms with Gasteiger partial charge in [-0.3, -0.25) is 4.79 Å². The monoisotopic (exact) mass is 245 g/mol. The molecule has 17 heavy (non-hydrogen) atoms. The molecule has 5 nitrogen and oxygen atoms in total. The highest BCUT2D eigenvalue weighted by Crippen LogP contribution is 2.30. The number of hydrogen-bond acceptors (Lipinski definition) is 4. The molecule has 4 N–H and O–H groups in total. The van der Waals surface area contributed by atoms with E-state index in [1.807, 2.05) is 6.92 Å². The second-order valence-electron chi connectivity index (χ2n) is 4.83. The maximum Gasteiger partial charge on any atom is 0.220 e. The van der Waals surface area contributed by atoms with Crippen molar-refractivity contribution in [1.82, 2.24) is 5.32 Å². The van der Waals surface area contributed by atoms with Gasteiger partial charge in [0.05, 0.1) is 12.2 Å². The van der Waals surface area contributed by atoms with Crippen LogP contribution in [0.15, 0.2) is 0 Å². The molecule has 1 amide bonds. The summed E-state index contributed by atoms with van der Waals surface area (Å²) in [5.41, 5.74) is 0. The number of amides is 1. The number of unbranched alkanes of at least 4 members (excludes halogenated alkanes) is 1. The summed E-state index contributed by atoms with van der Waals surface area (Å²) in [4.78, 5) is 11.4. The van der Waals surface area contributed by atoms with Gasteiger partial charge in [0.15, 0.2) is 0 Å². The third-order valence-corrected chi connectivity index (χ3v) is 3.47. The van der Waals surface area contributed by atoms with E-state index in [4.69, 9.17) is 5.11 Å². The number of aliphatic hydroxyl groups is 3. The number of carbonyl (C=O) groups is 1. The SMILES string of the molecule is CCCCC(=O)NC[C@H]1C[C@H](CO)[C@@H](O)[C@@H]1O. The number of carbonyl (C=O) groups excluding carboxylic acids is 1. The fourth-order valence-corrected chi connectivity index (χ4v) is 2.28. The van der Waals surface area contributed by atoms with E-state index in [0.29, 0.717) is 19.4 Å². The average molecular weight is 245 g/mol. The maximum atomic E-state index is 11.4. The predicted octanol–water partition coefficient (Wildman–Crippen LogP) is -0.357. The largest absolute Gasteiger partial charge is 0.396 e. The third-order valence-electron chi connectivity index (χ3n) is 3.47. The van der Waals surface area contributed by atoms with E-state index < -0.39 is 12.2 Å². The van der Waals surface area contributed by atoms with Crippen molar-refractivity contribution in [3.63, 3.8) is 0 Å². The third kappa shape index (κ3) is 3.94. The summed E-state index contributed by atoms with van der Waals surface area (Å²) in [7, 11) is 0. The van der Waals surface area contributed by atoms with Crippen LogP contribution in [0.4, 0.5) is 0 Å². The zero-order valence-corrected chi connectivity index (χ0v) is 10.3. The van der Waals surface area contributed by atoms with Crippen molar-refractivity contribution in [3.05, 3.63) is 0 Å². The Hall–Kier alpha value is -0.650. The molecule has 100 valence electrons.